The minimum Gasteiger partial charge on any atom is -0.352 e. The van der Waals surface area contributed by atoms with Gasteiger partial charge in [-0.2, -0.15) is 0 Å². The molecule has 1 heterocycles. The van der Waals surface area contributed by atoms with Gasteiger partial charge in [0.2, 0.25) is 5.91 Å². The van der Waals surface area contributed by atoms with Gasteiger partial charge in [-0.1, -0.05) is 55.3 Å². The van der Waals surface area contributed by atoms with Gasteiger partial charge < -0.3 is 10.2 Å². The van der Waals surface area contributed by atoms with Gasteiger partial charge >= 0.3 is 0 Å². The van der Waals surface area contributed by atoms with Crippen LogP contribution in [0.2, 0.25) is 0 Å². The van der Waals surface area contributed by atoms with Crippen LogP contribution in [0.15, 0.2) is 54.6 Å². The van der Waals surface area contributed by atoms with Gasteiger partial charge in [-0.05, 0) is 43.0 Å². The van der Waals surface area contributed by atoms with Crippen molar-refractivity contribution in [3.63, 3.8) is 0 Å². The van der Waals surface area contributed by atoms with Crippen molar-refractivity contribution >= 4 is 11.8 Å². The summed E-state index contributed by atoms with van der Waals surface area (Å²) in [5, 5.41) is 3.04. The Morgan fingerprint density at radius 2 is 1.65 bits per heavy atom. The summed E-state index contributed by atoms with van der Waals surface area (Å²) in [6.45, 7) is 6.09. The van der Waals surface area contributed by atoms with Crippen LogP contribution in [0.5, 0.6) is 0 Å². The van der Waals surface area contributed by atoms with E-state index in [0.717, 1.165) is 57.4 Å². The summed E-state index contributed by atoms with van der Waals surface area (Å²) in [5.41, 5.74) is 3.06. The number of piperazine rings is 1. The van der Waals surface area contributed by atoms with Gasteiger partial charge in [0.05, 0.1) is 0 Å². The molecular formula is C26H33N3O2. The van der Waals surface area contributed by atoms with E-state index in [1.54, 1.807) is 0 Å². The summed E-state index contributed by atoms with van der Waals surface area (Å²) in [6, 6.07) is 18.4. The molecule has 1 atom stereocenters. The van der Waals surface area contributed by atoms with Crippen LogP contribution in [-0.4, -0.2) is 47.3 Å². The van der Waals surface area contributed by atoms with Crippen molar-refractivity contribution in [2.75, 3.05) is 19.6 Å². The Kier molecular flexibility index (Phi) is 7.03. The quantitative estimate of drug-likeness (QED) is 0.774. The number of carbonyl (C=O) groups excluding carboxylic acids is 2. The van der Waals surface area contributed by atoms with E-state index in [1.807, 2.05) is 35.2 Å². The molecule has 2 aromatic carbocycles. The minimum atomic E-state index is 0.0911. The lowest BCUT2D eigenvalue weighted by Gasteiger charge is -2.40. The van der Waals surface area contributed by atoms with E-state index in [-0.39, 0.29) is 23.8 Å². The second kappa shape index (κ2) is 10.1. The first-order valence-corrected chi connectivity index (χ1v) is 11.5. The van der Waals surface area contributed by atoms with Crippen LogP contribution < -0.4 is 5.32 Å². The fourth-order valence-electron chi connectivity index (χ4n) is 4.77. The van der Waals surface area contributed by atoms with Gasteiger partial charge in [-0.15, -0.1) is 0 Å². The predicted octanol–water partition coefficient (Wildman–Crippen LogP) is 3.84. The van der Waals surface area contributed by atoms with E-state index < -0.39 is 0 Å². The summed E-state index contributed by atoms with van der Waals surface area (Å²) in [4.78, 5) is 29.7. The third kappa shape index (κ3) is 5.53. The zero-order chi connectivity index (χ0) is 21.6. The molecule has 1 aliphatic carbocycles. The molecule has 0 bridgehead atoms. The maximum absolute atomic E-state index is 13.1. The summed E-state index contributed by atoms with van der Waals surface area (Å²) in [7, 11) is 0. The highest BCUT2D eigenvalue weighted by Crippen LogP contribution is 2.24. The first-order chi connectivity index (χ1) is 15.1. The summed E-state index contributed by atoms with van der Waals surface area (Å²) in [6.07, 6.45) is 4.34. The van der Waals surface area contributed by atoms with Crippen LogP contribution in [0.1, 0.15) is 54.1 Å². The number of hydrogen-bond donors (Lipinski definition) is 1. The Morgan fingerprint density at radius 3 is 2.32 bits per heavy atom. The molecule has 2 aliphatic rings. The normalized spacial score (nSPS) is 20.0. The topological polar surface area (TPSA) is 52.6 Å². The van der Waals surface area contributed by atoms with Crippen LogP contribution in [0.25, 0.3) is 0 Å². The van der Waals surface area contributed by atoms with Crippen molar-refractivity contribution in [3.8, 4) is 0 Å². The zero-order valence-corrected chi connectivity index (χ0v) is 18.4. The molecule has 1 saturated carbocycles. The molecule has 5 nitrogen and oxygen atoms in total. The SMILES string of the molecule is CC1CN(Cc2ccccc2)CCN1C(=O)c1ccc(CNC(=O)C2CCCC2)cc1. The molecule has 1 saturated heterocycles. The average molecular weight is 420 g/mol. The van der Waals surface area contributed by atoms with Crippen molar-refractivity contribution in [1.29, 1.82) is 0 Å². The van der Waals surface area contributed by atoms with E-state index in [9.17, 15) is 9.59 Å². The zero-order valence-electron chi connectivity index (χ0n) is 18.4. The number of amides is 2. The van der Waals surface area contributed by atoms with E-state index in [1.165, 1.54) is 5.56 Å². The lowest BCUT2D eigenvalue weighted by atomic mass is 10.1. The summed E-state index contributed by atoms with van der Waals surface area (Å²) >= 11 is 0. The maximum atomic E-state index is 13.1. The Morgan fingerprint density at radius 1 is 0.935 bits per heavy atom. The molecule has 2 amide bonds. The largest absolute Gasteiger partial charge is 0.352 e. The van der Waals surface area contributed by atoms with E-state index in [0.29, 0.717) is 12.1 Å². The van der Waals surface area contributed by atoms with Gasteiger partial charge in [-0.3, -0.25) is 14.5 Å². The van der Waals surface area contributed by atoms with Crippen molar-refractivity contribution < 1.29 is 9.59 Å². The van der Waals surface area contributed by atoms with Crippen LogP contribution in [0.3, 0.4) is 0 Å². The second-order valence-electron chi connectivity index (χ2n) is 8.96. The molecule has 2 aromatic rings. The molecule has 31 heavy (non-hydrogen) atoms. The van der Waals surface area contributed by atoms with Gasteiger partial charge in [0.15, 0.2) is 0 Å². The van der Waals surface area contributed by atoms with E-state index >= 15 is 0 Å². The molecular weight excluding hydrogens is 386 g/mol. The van der Waals surface area contributed by atoms with E-state index in [2.05, 4.69) is 41.4 Å². The van der Waals surface area contributed by atoms with Crippen LogP contribution in [-0.2, 0) is 17.9 Å². The highest BCUT2D eigenvalue weighted by atomic mass is 16.2. The lowest BCUT2D eigenvalue weighted by Crippen LogP contribution is -2.53. The Hall–Kier alpha value is -2.66. The van der Waals surface area contributed by atoms with Gasteiger partial charge in [-0.25, -0.2) is 0 Å². The molecule has 1 N–H and O–H groups in total. The Labute approximate surface area is 185 Å². The monoisotopic (exact) mass is 419 g/mol. The lowest BCUT2D eigenvalue weighted by molar-refractivity contribution is -0.124. The molecule has 1 unspecified atom stereocenters. The Balaban J connectivity index is 1.28. The van der Waals surface area contributed by atoms with Crippen LogP contribution in [0, 0.1) is 5.92 Å². The molecule has 0 spiro atoms. The van der Waals surface area contributed by atoms with Crippen molar-refractivity contribution in [2.24, 2.45) is 5.92 Å². The van der Waals surface area contributed by atoms with E-state index in [4.69, 9.17) is 0 Å². The summed E-state index contributed by atoms with van der Waals surface area (Å²) in [5.74, 6) is 0.441. The van der Waals surface area contributed by atoms with Crippen molar-refractivity contribution in [3.05, 3.63) is 71.3 Å². The fraction of sp³-hybridized carbons (Fsp3) is 0.462. The van der Waals surface area contributed by atoms with Crippen LogP contribution in [0.4, 0.5) is 0 Å². The highest BCUT2D eigenvalue weighted by molar-refractivity contribution is 5.94. The summed E-state index contributed by atoms with van der Waals surface area (Å²) < 4.78 is 0. The smallest absolute Gasteiger partial charge is 0.254 e. The number of benzene rings is 2. The molecule has 4 rings (SSSR count). The number of rotatable bonds is 6. The van der Waals surface area contributed by atoms with Gasteiger partial charge in [0.1, 0.15) is 0 Å². The van der Waals surface area contributed by atoms with Gasteiger partial charge in [0, 0.05) is 50.2 Å². The standard InChI is InChI=1S/C26H33N3O2/c1-20-18-28(19-22-7-3-2-4-8-22)15-16-29(20)26(31)24-13-11-21(12-14-24)17-27-25(30)23-9-5-6-10-23/h2-4,7-8,11-14,20,23H,5-6,9-10,15-19H2,1H3,(H,27,30). The van der Waals surface area contributed by atoms with Crippen molar-refractivity contribution in [2.45, 2.75) is 51.7 Å². The highest BCUT2D eigenvalue weighted by Gasteiger charge is 2.28. The average Bonchev–Trinajstić information content (AvgIpc) is 3.33. The van der Waals surface area contributed by atoms with Gasteiger partial charge in [0.25, 0.3) is 5.91 Å². The molecule has 0 radical (unpaired) electrons. The third-order valence-corrected chi connectivity index (χ3v) is 6.62. The predicted molar refractivity (Wildman–Crippen MR) is 122 cm³/mol. The third-order valence-electron chi connectivity index (χ3n) is 6.62. The molecule has 164 valence electrons. The van der Waals surface area contributed by atoms with Crippen molar-refractivity contribution in [1.82, 2.24) is 15.1 Å². The number of hydrogen-bond acceptors (Lipinski definition) is 3. The maximum Gasteiger partial charge on any atom is 0.254 e. The first kappa shape index (κ1) is 21.6. The number of nitrogens with zero attached hydrogens (tertiary/aromatic N) is 2. The minimum absolute atomic E-state index is 0.0911. The first-order valence-electron chi connectivity index (χ1n) is 11.5. The molecule has 1 aliphatic heterocycles. The second-order valence-corrected chi connectivity index (χ2v) is 8.96. The fourth-order valence-corrected chi connectivity index (χ4v) is 4.77. The number of carbonyl (C=O) groups is 2. The molecule has 5 heteroatoms. The Bertz CT molecular complexity index is 875. The molecule has 2 fully saturated rings. The number of nitrogens with one attached hydrogen (secondary N) is 1. The molecule has 0 aromatic heterocycles. The van der Waals surface area contributed by atoms with Crippen LogP contribution >= 0.6 is 0 Å².